The Labute approximate surface area is 162 Å². The summed E-state index contributed by atoms with van der Waals surface area (Å²) < 4.78 is 10.1. The van der Waals surface area contributed by atoms with Crippen molar-refractivity contribution < 1.29 is 9.30 Å². The van der Waals surface area contributed by atoms with Gasteiger partial charge in [0.15, 0.2) is 0 Å². The minimum absolute atomic E-state index is 0.207. The number of hydrogen-bond donors (Lipinski definition) is 1. The molecule has 1 aromatic carbocycles. The summed E-state index contributed by atoms with van der Waals surface area (Å²) >= 11 is 0. The molecule has 3 heterocycles. The third-order valence-electron chi connectivity index (χ3n) is 5.23. The number of H-pyrrole nitrogens is 1. The van der Waals surface area contributed by atoms with E-state index in [1.807, 2.05) is 42.7 Å². The smallest absolute Gasteiger partial charge is 0.364 e. The minimum Gasteiger partial charge on any atom is -0.497 e. The second-order valence-corrected chi connectivity index (χ2v) is 7.65. The molecule has 2 aromatic heterocycles. The van der Waals surface area contributed by atoms with E-state index in [2.05, 4.69) is 9.88 Å². The highest BCUT2D eigenvalue weighted by atomic mass is 16.5. The number of hydrogen-bond acceptors (Lipinski definition) is 4. The van der Waals surface area contributed by atoms with Gasteiger partial charge in [0.05, 0.1) is 20.2 Å². The molecule has 0 saturated heterocycles. The summed E-state index contributed by atoms with van der Waals surface area (Å²) in [6.07, 6.45) is 0.906. The molecule has 0 saturated carbocycles. The van der Waals surface area contributed by atoms with Crippen molar-refractivity contribution in [3.63, 3.8) is 0 Å². The lowest BCUT2D eigenvalue weighted by atomic mass is 10.2. The molecule has 0 spiro atoms. The van der Waals surface area contributed by atoms with Gasteiger partial charge in [0.25, 0.3) is 5.56 Å². The Morgan fingerprint density at radius 1 is 1.21 bits per heavy atom. The summed E-state index contributed by atoms with van der Waals surface area (Å²) in [5.74, 6) is 1.82. The molecule has 8 heteroatoms. The van der Waals surface area contributed by atoms with E-state index in [1.54, 1.807) is 14.2 Å². The van der Waals surface area contributed by atoms with Crippen LogP contribution in [0.2, 0.25) is 0 Å². The van der Waals surface area contributed by atoms with Gasteiger partial charge in [0.2, 0.25) is 11.2 Å². The zero-order valence-electron chi connectivity index (χ0n) is 16.7. The maximum atomic E-state index is 13.2. The minimum atomic E-state index is -0.290. The third kappa shape index (κ3) is 2.80. The van der Waals surface area contributed by atoms with Crippen LogP contribution in [0, 0.1) is 5.92 Å². The number of rotatable bonds is 4. The maximum absolute atomic E-state index is 13.2. The van der Waals surface area contributed by atoms with E-state index < -0.39 is 0 Å². The first-order valence-corrected chi connectivity index (χ1v) is 9.59. The van der Waals surface area contributed by atoms with Crippen LogP contribution in [0.15, 0.2) is 33.9 Å². The number of aryl methyl sites for hydroxylation is 2. The Hall–Kier alpha value is -3.03. The van der Waals surface area contributed by atoms with E-state index in [0.29, 0.717) is 17.7 Å². The molecular formula is C20H26N5O3+. The van der Waals surface area contributed by atoms with E-state index in [-0.39, 0.29) is 17.2 Å². The number of fused-ring (bicyclic) bond motifs is 3. The lowest BCUT2D eigenvalue weighted by Crippen LogP contribution is -2.49. The lowest BCUT2D eigenvalue weighted by Gasteiger charge is -2.22. The molecular weight excluding hydrogens is 358 g/mol. The van der Waals surface area contributed by atoms with Crippen molar-refractivity contribution in [1.29, 1.82) is 0 Å². The quantitative estimate of drug-likeness (QED) is 0.692. The van der Waals surface area contributed by atoms with Crippen LogP contribution in [-0.2, 0) is 20.1 Å². The van der Waals surface area contributed by atoms with Crippen molar-refractivity contribution in [3.8, 4) is 5.75 Å². The highest BCUT2D eigenvalue weighted by Gasteiger charge is 2.33. The van der Waals surface area contributed by atoms with Gasteiger partial charge in [-0.3, -0.25) is 13.9 Å². The molecule has 0 bridgehead atoms. The highest BCUT2D eigenvalue weighted by molar-refractivity contribution is 5.70. The number of anilines is 2. The van der Waals surface area contributed by atoms with Crippen molar-refractivity contribution in [2.24, 2.45) is 13.0 Å². The number of ether oxygens (including phenoxy) is 1. The van der Waals surface area contributed by atoms with Gasteiger partial charge in [-0.1, -0.05) is 13.8 Å². The Bertz CT molecular complexity index is 1140. The first-order chi connectivity index (χ1) is 13.4. The molecule has 8 nitrogen and oxygen atoms in total. The molecule has 0 atom stereocenters. The molecule has 0 amide bonds. The van der Waals surface area contributed by atoms with Gasteiger partial charge in [-0.25, -0.2) is 19.2 Å². The number of benzene rings is 1. The number of imidazole rings is 1. The molecule has 28 heavy (non-hydrogen) atoms. The topological polar surface area (TPSA) is 76.1 Å². The molecule has 0 fully saturated rings. The average molecular weight is 384 g/mol. The van der Waals surface area contributed by atoms with E-state index in [0.717, 1.165) is 36.9 Å². The molecule has 0 radical (unpaired) electrons. The predicted octanol–water partition coefficient (Wildman–Crippen LogP) is 1.52. The second-order valence-electron chi connectivity index (χ2n) is 7.65. The molecule has 0 aliphatic carbocycles. The maximum Gasteiger partial charge on any atom is 0.364 e. The Balaban J connectivity index is 1.92. The lowest BCUT2D eigenvalue weighted by molar-refractivity contribution is -0.663. The van der Waals surface area contributed by atoms with Gasteiger partial charge < -0.3 is 4.74 Å². The zero-order valence-corrected chi connectivity index (χ0v) is 16.7. The Morgan fingerprint density at radius 3 is 2.57 bits per heavy atom. The van der Waals surface area contributed by atoms with E-state index >= 15 is 0 Å². The number of nitrogens with one attached hydrogen (secondary N) is 1. The van der Waals surface area contributed by atoms with Crippen LogP contribution in [0.4, 0.5) is 11.6 Å². The van der Waals surface area contributed by atoms with Gasteiger partial charge in [-0.15, -0.1) is 0 Å². The van der Waals surface area contributed by atoms with Crippen molar-refractivity contribution in [3.05, 3.63) is 45.1 Å². The van der Waals surface area contributed by atoms with Crippen LogP contribution in [0.1, 0.15) is 20.3 Å². The van der Waals surface area contributed by atoms with Crippen LogP contribution in [0.5, 0.6) is 5.75 Å². The average Bonchev–Trinajstić information content (AvgIpc) is 3.09. The summed E-state index contributed by atoms with van der Waals surface area (Å²) in [6.45, 7) is 5.97. The fourth-order valence-corrected chi connectivity index (χ4v) is 3.88. The van der Waals surface area contributed by atoms with Crippen LogP contribution >= 0.6 is 0 Å². The van der Waals surface area contributed by atoms with Gasteiger partial charge in [-0.05, 0) is 30.2 Å². The normalized spacial score (nSPS) is 14.0. The van der Waals surface area contributed by atoms with Crippen LogP contribution < -0.4 is 25.5 Å². The third-order valence-corrected chi connectivity index (χ3v) is 5.23. The highest BCUT2D eigenvalue weighted by Crippen LogP contribution is 2.27. The largest absolute Gasteiger partial charge is 0.497 e. The second kappa shape index (κ2) is 6.85. The van der Waals surface area contributed by atoms with Crippen molar-refractivity contribution in [1.82, 2.24) is 14.1 Å². The molecule has 1 aliphatic rings. The summed E-state index contributed by atoms with van der Waals surface area (Å²) in [5.41, 5.74) is 1.60. The van der Waals surface area contributed by atoms with Crippen molar-refractivity contribution in [2.45, 2.75) is 33.4 Å². The summed E-state index contributed by atoms with van der Waals surface area (Å²) in [5, 5.41) is 0. The number of aromatic nitrogens is 4. The van der Waals surface area contributed by atoms with Gasteiger partial charge in [0.1, 0.15) is 11.4 Å². The number of aromatic amines is 1. The standard InChI is InChI=1S/C20H25N5O3/c1-13(2)12-25-18(26)16-17(22(3)20(25)27)21-19-23(10-5-11-24(16)19)14-6-8-15(28-4)9-7-14/h6-9,13H,5,10-12H2,1-4H3/p+1. The van der Waals surface area contributed by atoms with E-state index in [1.165, 1.54) is 9.13 Å². The van der Waals surface area contributed by atoms with Crippen LogP contribution in [-0.4, -0.2) is 27.8 Å². The summed E-state index contributed by atoms with van der Waals surface area (Å²) in [7, 11) is 3.35. The summed E-state index contributed by atoms with van der Waals surface area (Å²) in [4.78, 5) is 31.4. The first-order valence-electron chi connectivity index (χ1n) is 9.59. The molecule has 1 aliphatic heterocycles. The fourth-order valence-electron chi connectivity index (χ4n) is 3.88. The first kappa shape index (κ1) is 18.3. The van der Waals surface area contributed by atoms with Gasteiger partial charge >= 0.3 is 11.6 Å². The number of nitrogens with zero attached hydrogens (tertiary/aromatic N) is 4. The fraction of sp³-hybridized carbons (Fsp3) is 0.450. The van der Waals surface area contributed by atoms with Crippen molar-refractivity contribution >= 4 is 22.8 Å². The Kier molecular flexibility index (Phi) is 4.49. The number of methoxy groups -OCH3 is 1. The Morgan fingerprint density at radius 2 is 1.93 bits per heavy atom. The van der Waals surface area contributed by atoms with Crippen LogP contribution in [0.25, 0.3) is 11.2 Å². The molecule has 3 aromatic rings. The molecule has 0 unspecified atom stereocenters. The predicted molar refractivity (Wildman–Crippen MR) is 107 cm³/mol. The summed E-state index contributed by atoms with van der Waals surface area (Å²) in [6, 6.07) is 7.83. The molecule has 148 valence electrons. The van der Waals surface area contributed by atoms with Crippen LogP contribution in [0.3, 0.4) is 0 Å². The molecule has 4 rings (SSSR count). The zero-order chi connectivity index (χ0) is 20.0. The van der Waals surface area contributed by atoms with Crippen molar-refractivity contribution in [2.75, 3.05) is 18.6 Å². The molecule has 1 N–H and O–H groups in total. The van der Waals surface area contributed by atoms with Gasteiger partial charge in [0, 0.05) is 20.0 Å². The van der Waals surface area contributed by atoms with E-state index in [4.69, 9.17) is 4.74 Å². The SMILES string of the molecule is COc1ccc(N2CCC[n+]3c2[nH]c2c3c(=O)n(CC(C)C)c(=O)n2C)cc1. The van der Waals surface area contributed by atoms with E-state index in [9.17, 15) is 9.59 Å². The van der Waals surface area contributed by atoms with Gasteiger partial charge in [-0.2, -0.15) is 0 Å². The monoisotopic (exact) mass is 384 g/mol.